The van der Waals surface area contributed by atoms with Crippen molar-refractivity contribution >= 4 is 12.0 Å². The second kappa shape index (κ2) is 10.4. The lowest BCUT2D eigenvalue weighted by Gasteiger charge is -2.31. The lowest BCUT2D eigenvalue weighted by Crippen LogP contribution is -2.42. The van der Waals surface area contributed by atoms with Crippen molar-refractivity contribution < 1.29 is 23.8 Å². The first-order chi connectivity index (χ1) is 16.5. The minimum absolute atomic E-state index is 0.114. The first-order valence-corrected chi connectivity index (χ1v) is 11.3. The summed E-state index contributed by atoms with van der Waals surface area (Å²) < 4.78 is 20.5. The number of amides is 2. The SMILES string of the molecule is CCOc1cc(CC(=O)O)ccc1-c1ccc(F)c2c1CN(C(=O)NCc1ccccc1)CC2. The van der Waals surface area contributed by atoms with Gasteiger partial charge in [-0.3, -0.25) is 4.79 Å². The number of nitrogens with zero attached hydrogens (tertiary/aromatic N) is 1. The highest BCUT2D eigenvalue weighted by Crippen LogP contribution is 2.37. The fraction of sp³-hybridized carbons (Fsp3) is 0.259. The number of carboxylic acids is 1. The number of carbonyl (C=O) groups excluding carboxylic acids is 1. The van der Waals surface area contributed by atoms with Gasteiger partial charge in [-0.2, -0.15) is 0 Å². The summed E-state index contributed by atoms with van der Waals surface area (Å²) in [4.78, 5) is 25.7. The fourth-order valence-electron chi connectivity index (χ4n) is 4.29. The van der Waals surface area contributed by atoms with Crippen LogP contribution in [0.1, 0.15) is 29.2 Å². The van der Waals surface area contributed by atoms with Crippen LogP contribution in [0.2, 0.25) is 0 Å². The first kappa shape index (κ1) is 23.3. The number of carbonyl (C=O) groups is 2. The highest BCUT2D eigenvalue weighted by molar-refractivity contribution is 5.79. The molecule has 3 aromatic carbocycles. The molecule has 1 aliphatic rings. The zero-order valence-corrected chi connectivity index (χ0v) is 19.0. The van der Waals surface area contributed by atoms with Crippen LogP contribution in [0.25, 0.3) is 11.1 Å². The van der Waals surface area contributed by atoms with Crippen LogP contribution in [0, 0.1) is 5.82 Å². The third-order valence-corrected chi connectivity index (χ3v) is 5.92. The summed E-state index contributed by atoms with van der Waals surface area (Å²) in [6, 6.07) is 17.9. The number of halogens is 1. The molecule has 34 heavy (non-hydrogen) atoms. The number of rotatable bonds is 7. The van der Waals surface area contributed by atoms with Gasteiger partial charge < -0.3 is 20.1 Å². The molecule has 2 amide bonds. The Morgan fingerprint density at radius 2 is 1.79 bits per heavy atom. The van der Waals surface area contributed by atoms with Crippen molar-refractivity contribution in [2.24, 2.45) is 0 Å². The summed E-state index contributed by atoms with van der Waals surface area (Å²) >= 11 is 0. The van der Waals surface area contributed by atoms with Crippen LogP contribution in [0.15, 0.2) is 60.7 Å². The van der Waals surface area contributed by atoms with Gasteiger partial charge in [-0.15, -0.1) is 0 Å². The normalized spacial score (nSPS) is 12.7. The average molecular weight is 463 g/mol. The molecule has 1 heterocycles. The van der Waals surface area contributed by atoms with E-state index in [-0.39, 0.29) is 24.8 Å². The summed E-state index contributed by atoms with van der Waals surface area (Å²) in [5.41, 5.74) is 4.50. The third kappa shape index (κ3) is 5.20. The molecule has 3 aromatic rings. The highest BCUT2D eigenvalue weighted by Gasteiger charge is 2.26. The lowest BCUT2D eigenvalue weighted by atomic mass is 9.90. The molecule has 0 aromatic heterocycles. The molecule has 1 aliphatic heterocycles. The Kier molecular flexibility index (Phi) is 7.11. The maximum atomic E-state index is 14.7. The van der Waals surface area contributed by atoms with E-state index >= 15 is 0 Å². The zero-order valence-electron chi connectivity index (χ0n) is 19.0. The molecule has 6 nitrogen and oxygen atoms in total. The van der Waals surface area contributed by atoms with Gasteiger partial charge >= 0.3 is 12.0 Å². The van der Waals surface area contributed by atoms with E-state index in [9.17, 15) is 14.0 Å². The molecule has 0 radical (unpaired) electrons. The Labute approximate surface area is 198 Å². The summed E-state index contributed by atoms with van der Waals surface area (Å²) in [5.74, 6) is -0.671. The minimum atomic E-state index is -0.925. The topological polar surface area (TPSA) is 78.9 Å². The molecule has 0 atom stereocenters. The van der Waals surface area contributed by atoms with Gasteiger partial charge in [0.15, 0.2) is 0 Å². The van der Waals surface area contributed by atoms with E-state index in [0.29, 0.717) is 43.0 Å². The number of fused-ring (bicyclic) bond motifs is 1. The Morgan fingerprint density at radius 1 is 1.03 bits per heavy atom. The van der Waals surface area contributed by atoms with Crippen LogP contribution in [0.5, 0.6) is 5.75 Å². The molecule has 176 valence electrons. The molecular formula is C27H27FN2O4. The Morgan fingerprint density at radius 3 is 2.53 bits per heavy atom. The maximum Gasteiger partial charge on any atom is 0.317 e. The van der Waals surface area contributed by atoms with Gasteiger partial charge in [-0.25, -0.2) is 9.18 Å². The molecule has 0 bridgehead atoms. The molecule has 4 rings (SSSR count). The standard InChI is InChI=1S/C27H27FN2O4/c1-2-34-25-14-19(15-26(31)32)8-9-22(25)20-10-11-24(28)21-12-13-30(17-23(20)21)27(33)29-16-18-6-4-3-5-7-18/h3-11,14H,2,12-13,15-17H2,1H3,(H,29,33)(H,31,32). The molecule has 0 spiro atoms. The number of carboxylic acid groups (broad SMARTS) is 1. The monoisotopic (exact) mass is 462 g/mol. The van der Waals surface area contributed by atoms with Crippen molar-refractivity contribution in [2.75, 3.05) is 13.2 Å². The molecule has 0 unspecified atom stereocenters. The molecule has 0 fully saturated rings. The molecular weight excluding hydrogens is 435 g/mol. The predicted molar refractivity (Wildman–Crippen MR) is 127 cm³/mol. The number of hydrogen-bond donors (Lipinski definition) is 2. The molecule has 7 heteroatoms. The van der Waals surface area contributed by atoms with Crippen LogP contribution >= 0.6 is 0 Å². The van der Waals surface area contributed by atoms with Crippen LogP contribution < -0.4 is 10.1 Å². The van der Waals surface area contributed by atoms with E-state index in [0.717, 1.165) is 22.3 Å². The predicted octanol–water partition coefficient (Wildman–Crippen LogP) is 4.79. The van der Waals surface area contributed by atoms with E-state index in [4.69, 9.17) is 9.84 Å². The number of hydrogen-bond acceptors (Lipinski definition) is 3. The molecule has 0 saturated carbocycles. The maximum absolute atomic E-state index is 14.7. The van der Waals surface area contributed by atoms with Gasteiger partial charge in [-0.1, -0.05) is 48.5 Å². The fourth-order valence-corrected chi connectivity index (χ4v) is 4.29. The van der Waals surface area contributed by atoms with Gasteiger partial charge in [0.25, 0.3) is 0 Å². The number of ether oxygens (including phenoxy) is 1. The van der Waals surface area contributed by atoms with Crippen molar-refractivity contribution in [1.29, 1.82) is 0 Å². The molecule has 2 N–H and O–H groups in total. The van der Waals surface area contributed by atoms with Crippen LogP contribution in [0.4, 0.5) is 9.18 Å². The Hall–Kier alpha value is -3.87. The van der Waals surface area contributed by atoms with Crippen molar-refractivity contribution in [1.82, 2.24) is 10.2 Å². The number of nitrogens with one attached hydrogen (secondary N) is 1. The summed E-state index contributed by atoms with van der Waals surface area (Å²) in [6.45, 7) is 3.36. The van der Waals surface area contributed by atoms with Gasteiger partial charge in [-0.05, 0) is 53.3 Å². The van der Waals surface area contributed by atoms with E-state index in [1.807, 2.05) is 43.3 Å². The number of benzene rings is 3. The summed E-state index contributed by atoms with van der Waals surface area (Å²) in [6.07, 6.45) is 0.298. The third-order valence-electron chi connectivity index (χ3n) is 5.92. The van der Waals surface area contributed by atoms with Crippen LogP contribution in [-0.4, -0.2) is 35.2 Å². The van der Waals surface area contributed by atoms with E-state index in [1.54, 1.807) is 23.1 Å². The molecule has 0 aliphatic carbocycles. The quantitative estimate of drug-likeness (QED) is 0.529. The van der Waals surface area contributed by atoms with Gasteiger partial charge in [0.2, 0.25) is 0 Å². The Bertz CT molecular complexity index is 1200. The van der Waals surface area contributed by atoms with Gasteiger partial charge in [0, 0.05) is 25.2 Å². The number of urea groups is 1. The number of aliphatic carboxylic acids is 1. The van der Waals surface area contributed by atoms with E-state index in [1.165, 1.54) is 6.07 Å². The molecule has 0 saturated heterocycles. The summed E-state index contributed by atoms with van der Waals surface area (Å²) in [5, 5.41) is 12.1. The Balaban J connectivity index is 1.62. The van der Waals surface area contributed by atoms with Crippen LogP contribution in [-0.2, 0) is 30.7 Å². The van der Waals surface area contributed by atoms with Crippen molar-refractivity contribution in [2.45, 2.75) is 32.9 Å². The minimum Gasteiger partial charge on any atom is -0.493 e. The summed E-state index contributed by atoms with van der Waals surface area (Å²) in [7, 11) is 0. The van der Waals surface area contributed by atoms with Gasteiger partial charge in [0.1, 0.15) is 11.6 Å². The van der Waals surface area contributed by atoms with Crippen LogP contribution in [0.3, 0.4) is 0 Å². The van der Waals surface area contributed by atoms with Crippen molar-refractivity contribution in [3.8, 4) is 16.9 Å². The second-order valence-corrected chi connectivity index (χ2v) is 8.20. The van der Waals surface area contributed by atoms with Crippen molar-refractivity contribution in [3.05, 3.63) is 88.7 Å². The second-order valence-electron chi connectivity index (χ2n) is 8.20. The first-order valence-electron chi connectivity index (χ1n) is 11.3. The zero-order chi connectivity index (χ0) is 24.1. The largest absolute Gasteiger partial charge is 0.493 e. The van der Waals surface area contributed by atoms with Crippen molar-refractivity contribution in [3.63, 3.8) is 0 Å². The highest BCUT2D eigenvalue weighted by atomic mass is 19.1. The van der Waals surface area contributed by atoms with E-state index < -0.39 is 5.97 Å². The lowest BCUT2D eigenvalue weighted by molar-refractivity contribution is -0.136. The van der Waals surface area contributed by atoms with Gasteiger partial charge in [0.05, 0.1) is 13.0 Å². The smallest absolute Gasteiger partial charge is 0.317 e. The average Bonchev–Trinajstić information content (AvgIpc) is 2.84. The van der Waals surface area contributed by atoms with E-state index in [2.05, 4.69) is 5.32 Å².